The van der Waals surface area contributed by atoms with Crippen molar-refractivity contribution in [3.05, 3.63) is 89.5 Å². The predicted octanol–water partition coefficient (Wildman–Crippen LogP) is 4.84. The highest BCUT2D eigenvalue weighted by molar-refractivity contribution is 7.92. The van der Waals surface area contributed by atoms with E-state index < -0.39 is 28.5 Å². The van der Waals surface area contributed by atoms with E-state index in [0.717, 1.165) is 27.4 Å². The third-order valence-electron chi connectivity index (χ3n) is 7.07. The first kappa shape index (κ1) is 30.7. The van der Waals surface area contributed by atoms with Crippen molar-refractivity contribution in [3.63, 3.8) is 0 Å². The summed E-state index contributed by atoms with van der Waals surface area (Å²) >= 11 is 0. The van der Waals surface area contributed by atoms with E-state index in [1.807, 2.05) is 45.9 Å². The molecule has 0 spiro atoms. The fourth-order valence-corrected chi connectivity index (χ4v) is 5.53. The predicted molar refractivity (Wildman–Crippen MR) is 158 cm³/mol. The average molecular weight is 566 g/mol. The van der Waals surface area contributed by atoms with Crippen molar-refractivity contribution >= 4 is 27.5 Å². The van der Waals surface area contributed by atoms with Gasteiger partial charge in [-0.1, -0.05) is 43.3 Å². The molecule has 0 saturated carbocycles. The van der Waals surface area contributed by atoms with Crippen molar-refractivity contribution in [2.45, 2.75) is 64.6 Å². The van der Waals surface area contributed by atoms with Crippen LogP contribution in [0.4, 0.5) is 5.69 Å². The molecular formula is C31H39N3O5S. The summed E-state index contributed by atoms with van der Waals surface area (Å²) in [5.74, 6) is -0.140. The van der Waals surface area contributed by atoms with Crippen LogP contribution in [0.5, 0.6) is 5.75 Å². The summed E-state index contributed by atoms with van der Waals surface area (Å²) in [6, 6.07) is 19.6. The van der Waals surface area contributed by atoms with Gasteiger partial charge >= 0.3 is 0 Å². The highest BCUT2D eigenvalue weighted by atomic mass is 32.2. The summed E-state index contributed by atoms with van der Waals surface area (Å²) in [5.41, 5.74) is 3.06. The quantitative estimate of drug-likeness (QED) is 0.339. The fraction of sp³-hybridized carbons (Fsp3) is 0.355. The van der Waals surface area contributed by atoms with Crippen LogP contribution in [-0.2, 0) is 26.2 Å². The monoisotopic (exact) mass is 565 g/mol. The number of benzene rings is 3. The van der Waals surface area contributed by atoms with E-state index in [4.69, 9.17) is 4.74 Å². The number of anilines is 1. The molecule has 3 aromatic carbocycles. The standard InChI is InChI=1S/C31H39N3O5S/c1-7-24(4)32-31(36)25(5)33(20-26-14-17-28(39-6)18-15-26)30(35)21-34(27-16-13-22(2)23(3)19-27)40(37,38)29-11-9-8-10-12-29/h8-19,24-25H,7,20-21H2,1-6H3,(H,32,36). The van der Waals surface area contributed by atoms with Gasteiger partial charge in [0, 0.05) is 12.6 Å². The first-order valence-corrected chi connectivity index (χ1v) is 14.8. The number of carbonyl (C=O) groups excluding carboxylic acids is 2. The molecule has 0 heterocycles. The third kappa shape index (κ3) is 7.41. The molecule has 214 valence electrons. The van der Waals surface area contributed by atoms with Gasteiger partial charge in [-0.15, -0.1) is 0 Å². The van der Waals surface area contributed by atoms with Crippen molar-refractivity contribution in [1.29, 1.82) is 0 Å². The maximum Gasteiger partial charge on any atom is 0.264 e. The summed E-state index contributed by atoms with van der Waals surface area (Å²) in [6.07, 6.45) is 0.737. The second kappa shape index (κ2) is 13.5. The second-order valence-corrected chi connectivity index (χ2v) is 11.8. The lowest BCUT2D eigenvalue weighted by molar-refractivity contribution is -0.139. The smallest absolute Gasteiger partial charge is 0.264 e. The number of amides is 2. The van der Waals surface area contributed by atoms with E-state index in [1.54, 1.807) is 56.5 Å². The molecule has 0 aromatic heterocycles. The van der Waals surface area contributed by atoms with Gasteiger partial charge in [-0.3, -0.25) is 13.9 Å². The third-order valence-corrected chi connectivity index (χ3v) is 8.86. The Kier molecular flexibility index (Phi) is 10.3. The molecule has 3 aromatic rings. The molecule has 0 aliphatic carbocycles. The Morgan fingerprint density at radius 1 is 0.925 bits per heavy atom. The Morgan fingerprint density at radius 3 is 2.15 bits per heavy atom. The molecule has 0 saturated heterocycles. The topological polar surface area (TPSA) is 96.0 Å². The number of hydrogen-bond donors (Lipinski definition) is 1. The van der Waals surface area contributed by atoms with E-state index in [2.05, 4.69) is 5.32 Å². The van der Waals surface area contributed by atoms with E-state index in [-0.39, 0.29) is 23.4 Å². The zero-order valence-electron chi connectivity index (χ0n) is 24.0. The highest BCUT2D eigenvalue weighted by Gasteiger charge is 2.32. The molecule has 2 atom stereocenters. The maximum atomic E-state index is 14.0. The SMILES string of the molecule is CCC(C)NC(=O)C(C)N(Cc1ccc(OC)cc1)C(=O)CN(c1ccc(C)c(C)c1)S(=O)(=O)c1ccccc1. The Labute approximate surface area is 238 Å². The molecule has 0 bridgehead atoms. The highest BCUT2D eigenvalue weighted by Crippen LogP contribution is 2.26. The number of aryl methyl sites for hydroxylation is 2. The van der Waals surface area contributed by atoms with Crippen LogP contribution in [-0.4, -0.2) is 50.9 Å². The van der Waals surface area contributed by atoms with E-state index in [0.29, 0.717) is 11.4 Å². The van der Waals surface area contributed by atoms with Crippen LogP contribution in [0.2, 0.25) is 0 Å². The van der Waals surface area contributed by atoms with Gasteiger partial charge in [-0.25, -0.2) is 8.42 Å². The molecule has 8 nitrogen and oxygen atoms in total. The number of sulfonamides is 1. The number of nitrogens with one attached hydrogen (secondary N) is 1. The van der Waals surface area contributed by atoms with Crippen LogP contribution in [0, 0.1) is 13.8 Å². The minimum absolute atomic E-state index is 0.0709. The van der Waals surface area contributed by atoms with Gasteiger partial charge in [0.05, 0.1) is 17.7 Å². The van der Waals surface area contributed by atoms with Gasteiger partial charge in [0.2, 0.25) is 11.8 Å². The zero-order chi connectivity index (χ0) is 29.4. The number of rotatable bonds is 12. The van der Waals surface area contributed by atoms with Gasteiger partial charge in [-0.2, -0.15) is 0 Å². The lowest BCUT2D eigenvalue weighted by Crippen LogP contribution is -2.52. The first-order valence-electron chi connectivity index (χ1n) is 13.4. The molecule has 2 amide bonds. The van der Waals surface area contributed by atoms with Gasteiger partial charge < -0.3 is 15.0 Å². The normalized spacial score (nSPS) is 12.8. The molecule has 0 radical (unpaired) electrons. The number of ether oxygens (including phenoxy) is 1. The number of carbonyl (C=O) groups is 2. The zero-order valence-corrected chi connectivity index (χ0v) is 24.9. The van der Waals surface area contributed by atoms with Crippen molar-refractivity contribution in [3.8, 4) is 5.75 Å². The average Bonchev–Trinajstić information content (AvgIpc) is 2.96. The summed E-state index contributed by atoms with van der Waals surface area (Å²) in [4.78, 5) is 28.6. The summed E-state index contributed by atoms with van der Waals surface area (Å²) < 4.78 is 34.1. The minimum atomic E-state index is -4.09. The Bertz CT molecular complexity index is 1410. The van der Waals surface area contributed by atoms with Crippen LogP contribution < -0.4 is 14.4 Å². The lowest BCUT2D eigenvalue weighted by Gasteiger charge is -2.32. The summed E-state index contributed by atoms with van der Waals surface area (Å²) in [5, 5.41) is 2.94. The van der Waals surface area contributed by atoms with Gasteiger partial charge in [0.15, 0.2) is 0 Å². The molecule has 0 aliphatic heterocycles. The van der Waals surface area contributed by atoms with Crippen LogP contribution in [0.1, 0.15) is 43.9 Å². The van der Waals surface area contributed by atoms with Crippen molar-refractivity contribution in [1.82, 2.24) is 10.2 Å². The van der Waals surface area contributed by atoms with E-state index in [9.17, 15) is 18.0 Å². The van der Waals surface area contributed by atoms with Crippen molar-refractivity contribution in [2.75, 3.05) is 18.0 Å². The maximum absolute atomic E-state index is 14.0. The Hall–Kier alpha value is -3.85. The molecular weight excluding hydrogens is 526 g/mol. The van der Waals surface area contributed by atoms with E-state index >= 15 is 0 Å². The van der Waals surface area contributed by atoms with Crippen molar-refractivity contribution in [2.24, 2.45) is 0 Å². The van der Waals surface area contributed by atoms with Gasteiger partial charge in [-0.05, 0) is 87.2 Å². The van der Waals surface area contributed by atoms with Crippen LogP contribution in [0.25, 0.3) is 0 Å². The van der Waals surface area contributed by atoms with Gasteiger partial charge in [0.1, 0.15) is 18.3 Å². The number of methoxy groups -OCH3 is 1. The molecule has 2 unspecified atom stereocenters. The lowest BCUT2D eigenvalue weighted by atomic mass is 10.1. The molecule has 0 fully saturated rings. The fourth-order valence-electron chi connectivity index (χ4n) is 4.10. The van der Waals surface area contributed by atoms with E-state index in [1.165, 1.54) is 17.0 Å². The molecule has 9 heteroatoms. The minimum Gasteiger partial charge on any atom is -0.497 e. The van der Waals surface area contributed by atoms with Crippen LogP contribution in [0.3, 0.4) is 0 Å². The van der Waals surface area contributed by atoms with Crippen LogP contribution in [0.15, 0.2) is 77.7 Å². The number of hydrogen-bond acceptors (Lipinski definition) is 5. The summed E-state index contributed by atoms with van der Waals surface area (Å²) in [6.45, 7) is 8.99. The summed E-state index contributed by atoms with van der Waals surface area (Å²) in [7, 11) is -2.52. The Morgan fingerprint density at radius 2 is 1.57 bits per heavy atom. The van der Waals surface area contributed by atoms with Gasteiger partial charge in [0.25, 0.3) is 10.0 Å². The molecule has 40 heavy (non-hydrogen) atoms. The second-order valence-electron chi connectivity index (χ2n) is 9.96. The molecule has 1 N–H and O–H groups in total. The number of nitrogens with zero attached hydrogens (tertiary/aromatic N) is 2. The molecule has 3 rings (SSSR count). The first-order chi connectivity index (χ1) is 19.0. The largest absolute Gasteiger partial charge is 0.497 e. The molecule has 0 aliphatic rings. The van der Waals surface area contributed by atoms with Crippen molar-refractivity contribution < 1.29 is 22.7 Å². The Balaban J connectivity index is 2.03. The van der Waals surface area contributed by atoms with Crippen LogP contribution >= 0.6 is 0 Å².